The van der Waals surface area contributed by atoms with Gasteiger partial charge in [-0.15, -0.1) is 0 Å². The number of nitrogens with one attached hydrogen (secondary N) is 1. The van der Waals surface area contributed by atoms with Crippen LogP contribution in [0.4, 0.5) is 5.69 Å². The van der Waals surface area contributed by atoms with Crippen LogP contribution in [0.1, 0.15) is 15.9 Å². The topological polar surface area (TPSA) is 51.2 Å². The summed E-state index contributed by atoms with van der Waals surface area (Å²) in [6.45, 7) is 1.90. The van der Waals surface area contributed by atoms with Gasteiger partial charge in [-0.1, -0.05) is 41.4 Å². The van der Waals surface area contributed by atoms with E-state index in [1.54, 1.807) is 25.3 Å². The molecule has 4 rings (SSSR count). The minimum atomic E-state index is -0.259. The normalized spacial score (nSPS) is 10.8. The molecule has 30 heavy (non-hydrogen) atoms. The van der Waals surface area contributed by atoms with Crippen LogP contribution in [0, 0.1) is 6.92 Å². The second kappa shape index (κ2) is 8.34. The Morgan fingerprint density at radius 1 is 1.00 bits per heavy atom. The highest BCUT2D eigenvalue weighted by molar-refractivity contribution is 6.37. The van der Waals surface area contributed by atoms with E-state index in [1.165, 1.54) is 0 Å². The standard InChI is InChI=1S/C24H18Cl2N2O2/c1-14-22(24(29)28-21-12-9-16(25)13-19(21)26)18-5-3-4-6-20(18)27-23(14)15-7-10-17(30-2)11-8-15/h3-13H,1-2H3,(H,28,29). The molecule has 1 amide bonds. The molecular weight excluding hydrogens is 419 g/mol. The molecule has 4 aromatic rings. The summed E-state index contributed by atoms with van der Waals surface area (Å²) in [5.74, 6) is 0.498. The third kappa shape index (κ3) is 3.84. The maximum absolute atomic E-state index is 13.3. The highest BCUT2D eigenvalue weighted by Gasteiger charge is 2.20. The molecule has 3 aromatic carbocycles. The number of carbonyl (C=O) groups excluding carboxylic acids is 1. The van der Waals surface area contributed by atoms with Gasteiger partial charge in [-0.2, -0.15) is 0 Å². The number of aromatic nitrogens is 1. The number of ether oxygens (including phenoxy) is 1. The van der Waals surface area contributed by atoms with Crippen molar-refractivity contribution in [3.63, 3.8) is 0 Å². The van der Waals surface area contributed by atoms with E-state index in [0.717, 1.165) is 33.5 Å². The van der Waals surface area contributed by atoms with E-state index in [2.05, 4.69) is 5.32 Å². The third-order valence-electron chi connectivity index (χ3n) is 4.91. The number of anilines is 1. The second-order valence-electron chi connectivity index (χ2n) is 6.78. The molecule has 0 bridgehead atoms. The summed E-state index contributed by atoms with van der Waals surface area (Å²) in [5.41, 5.74) is 4.21. The zero-order valence-corrected chi connectivity index (χ0v) is 17.9. The van der Waals surface area contributed by atoms with Crippen LogP contribution in [0.15, 0.2) is 66.7 Å². The lowest BCUT2D eigenvalue weighted by Gasteiger charge is -2.15. The molecule has 4 nitrogen and oxygen atoms in total. The molecule has 0 atom stereocenters. The van der Waals surface area contributed by atoms with Gasteiger partial charge in [0.2, 0.25) is 0 Å². The second-order valence-corrected chi connectivity index (χ2v) is 7.63. The molecule has 0 spiro atoms. The van der Waals surface area contributed by atoms with Crippen LogP contribution < -0.4 is 10.1 Å². The average Bonchev–Trinajstić information content (AvgIpc) is 2.75. The molecule has 0 radical (unpaired) electrons. The maximum atomic E-state index is 13.3. The van der Waals surface area contributed by atoms with E-state index in [1.807, 2.05) is 55.5 Å². The molecule has 0 saturated carbocycles. The minimum Gasteiger partial charge on any atom is -0.497 e. The lowest BCUT2D eigenvalue weighted by molar-refractivity contribution is 0.102. The first-order valence-corrected chi connectivity index (χ1v) is 10.0. The van der Waals surface area contributed by atoms with Crippen LogP contribution in [0.2, 0.25) is 10.0 Å². The number of fused-ring (bicyclic) bond motifs is 1. The van der Waals surface area contributed by atoms with Crippen LogP contribution in [0.3, 0.4) is 0 Å². The Morgan fingerprint density at radius 3 is 2.43 bits per heavy atom. The number of para-hydroxylation sites is 1. The maximum Gasteiger partial charge on any atom is 0.256 e. The fraction of sp³-hybridized carbons (Fsp3) is 0.0833. The molecule has 6 heteroatoms. The van der Waals surface area contributed by atoms with Gasteiger partial charge in [0.15, 0.2) is 0 Å². The molecule has 0 fully saturated rings. The number of hydrogen-bond acceptors (Lipinski definition) is 3. The highest BCUT2D eigenvalue weighted by Crippen LogP contribution is 2.32. The van der Waals surface area contributed by atoms with Crippen LogP contribution in [0.5, 0.6) is 5.75 Å². The van der Waals surface area contributed by atoms with Gasteiger partial charge in [0.1, 0.15) is 5.75 Å². The number of halogens is 2. The van der Waals surface area contributed by atoms with Gasteiger partial charge in [-0.25, -0.2) is 4.98 Å². The monoisotopic (exact) mass is 436 g/mol. The van der Waals surface area contributed by atoms with Crippen molar-refractivity contribution in [3.8, 4) is 17.0 Å². The van der Waals surface area contributed by atoms with Crippen molar-refractivity contribution in [1.82, 2.24) is 4.98 Å². The molecule has 1 N–H and O–H groups in total. The number of methoxy groups -OCH3 is 1. The number of pyridine rings is 1. The number of amides is 1. The van der Waals surface area contributed by atoms with Crippen molar-refractivity contribution in [2.45, 2.75) is 6.92 Å². The van der Waals surface area contributed by atoms with Gasteiger partial charge >= 0.3 is 0 Å². The fourth-order valence-corrected chi connectivity index (χ4v) is 3.86. The van der Waals surface area contributed by atoms with E-state index < -0.39 is 0 Å². The zero-order chi connectivity index (χ0) is 21.3. The summed E-state index contributed by atoms with van der Waals surface area (Å²) in [6, 6.07) is 20.2. The van der Waals surface area contributed by atoms with Crippen molar-refractivity contribution >= 4 is 45.7 Å². The number of carbonyl (C=O) groups is 1. The van der Waals surface area contributed by atoms with E-state index in [0.29, 0.717) is 21.3 Å². The van der Waals surface area contributed by atoms with Crippen LogP contribution in [-0.2, 0) is 0 Å². The quantitative estimate of drug-likeness (QED) is 0.383. The smallest absolute Gasteiger partial charge is 0.256 e. The average molecular weight is 437 g/mol. The lowest BCUT2D eigenvalue weighted by atomic mass is 9.97. The Labute approximate surface area is 184 Å². The Morgan fingerprint density at radius 2 is 1.73 bits per heavy atom. The highest BCUT2D eigenvalue weighted by atomic mass is 35.5. The van der Waals surface area contributed by atoms with E-state index in [4.69, 9.17) is 32.9 Å². The summed E-state index contributed by atoms with van der Waals surface area (Å²) in [4.78, 5) is 18.1. The van der Waals surface area contributed by atoms with Crippen molar-refractivity contribution in [1.29, 1.82) is 0 Å². The number of benzene rings is 3. The molecule has 0 saturated heterocycles. The van der Waals surface area contributed by atoms with Crippen LogP contribution in [0.25, 0.3) is 22.2 Å². The molecule has 0 aliphatic rings. The third-order valence-corrected chi connectivity index (χ3v) is 5.45. The first-order chi connectivity index (χ1) is 14.5. The number of rotatable bonds is 4. The Hall–Kier alpha value is -3.08. The number of hydrogen-bond donors (Lipinski definition) is 1. The SMILES string of the molecule is COc1ccc(-c2nc3ccccc3c(C(=O)Nc3ccc(Cl)cc3Cl)c2C)cc1. The van der Waals surface area contributed by atoms with Crippen molar-refractivity contribution in [2.24, 2.45) is 0 Å². The molecular formula is C24H18Cl2N2O2. The largest absolute Gasteiger partial charge is 0.497 e. The fourth-order valence-electron chi connectivity index (χ4n) is 3.41. The van der Waals surface area contributed by atoms with Gasteiger partial charge in [0.05, 0.1) is 34.6 Å². The van der Waals surface area contributed by atoms with E-state index in [9.17, 15) is 4.79 Å². The van der Waals surface area contributed by atoms with Gasteiger partial charge < -0.3 is 10.1 Å². The first kappa shape index (κ1) is 20.2. The van der Waals surface area contributed by atoms with Gasteiger partial charge in [-0.05, 0) is 61.0 Å². The molecule has 0 unspecified atom stereocenters. The zero-order valence-electron chi connectivity index (χ0n) is 16.4. The predicted octanol–water partition coefficient (Wildman–Crippen LogP) is 6.78. The van der Waals surface area contributed by atoms with Crippen molar-refractivity contribution < 1.29 is 9.53 Å². The lowest BCUT2D eigenvalue weighted by Crippen LogP contribution is -2.15. The Bertz CT molecular complexity index is 1250. The van der Waals surface area contributed by atoms with E-state index in [-0.39, 0.29) is 5.91 Å². The molecule has 1 heterocycles. The molecule has 150 valence electrons. The van der Waals surface area contributed by atoms with E-state index >= 15 is 0 Å². The summed E-state index contributed by atoms with van der Waals surface area (Å²) < 4.78 is 5.25. The van der Waals surface area contributed by atoms with Crippen molar-refractivity contribution in [2.75, 3.05) is 12.4 Å². The summed E-state index contributed by atoms with van der Waals surface area (Å²) >= 11 is 12.2. The summed E-state index contributed by atoms with van der Waals surface area (Å²) in [5, 5.41) is 4.56. The first-order valence-electron chi connectivity index (χ1n) is 9.28. The van der Waals surface area contributed by atoms with Gasteiger partial charge in [0, 0.05) is 16.0 Å². The summed E-state index contributed by atoms with van der Waals surface area (Å²) in [6.07, 6.45) is 0. The predicted molar refractivity (Wildman–Crippen MR) is 123 cm³/mol. The minimum absolute atomic E-state index is 0.259. The summed E-state index contributed by atoms with van der Waals surface area (Å²) in [7, 11) is 1.62. The van der Waals surface area contributed by atoms with Gasteiger partial charge in [-0.3, -0.25) is 4.79 Å². The molecule has 0 aliphatic heterocycles. The Balaban J connectivity index is 1.85. The molecule has 0 aliphatic carbocycles. The van der Waals surface area contributed by atoms with Crippen molar-refractivity contribution in [3.05, 3.63) is 87.9 Å². The van der Waals surface area contributed by atoms with Gasteiger partial charge in [0.25, 0.3) is 5.91 Å². The number of nitrogens with zero attached hydrogens (tertiary/aromatic N) is 1. The van der Waals surface area contributed by atoms with Crippen LogP contribution >= 0.6 is 23.2 Å². The van der Waals surface area contributed by atoms with Crippen LogP contribution in [-0.4, -0.2) is 18.0 Å². The molecule has 1 aromatic heterocycles. The Kier molecular flexibility index (Phi) is 5.62.